The lowest BCUT2D eigenvalue weighted by Gasteiger charge is -2.00. The Hall–Kier alpha value is -0.950. The molecule has 1 aromatic carbocycles. The van der Waals surface area contributed by atoms with E-state index in [9.17, 15) is 4.79 Å². The van der Waals surface area contributed by atoms with E-state index in [-0.39, 0.29) is 12.1 Å². The van der Waals surface area contributed by atoms with Crippen LogP contribution in [-0.2, 0) is 6.54 Å². The third-order valence-electron chi connectivity index (χ3n) is 1.91. The van der Waals surface area contributed by atoms with E-state index in [0.29, 0.717) is 16.7 Å². The summed E-state index contributed by atoms with van der Waals surface area (Å²) in [7, 11) is 0. The molecule has 0 radical (unpaired) electrons. The maximum Gasteiger partial charge on any atom is 0.258 e. The largest absolute Gasteiger partial charge is 0.324 e. The van der Waals surface area contributed by atoms with Gasteiger partial charge >= 0.3 is 0 Å². The lowest BCUT2D eigenvalue weighted by molar-refractivity contribution is 0.913. The molecule has 0 saturated heterocycles. The van der Waals surface area contributed by atoms with Gasteiger partial charge in [-0.2, -0.15) is 0 Å². The van der Waals surface area contributed by atoms with Crippen LogP contribution in [0.5, 0.6) is 0 Å². The predicted molar refractivity (Wildman–Crippen MR) is 63.0 cm³/mol. The molecule has 0 saturated carbocycles. The minimum Gasteiger partial charge on any atom is -0.324 e. The van der Waals surface area contributed by atoms with Gasteiger partial charge in [0.15, 0.2) is 0 Å². The number of nitrogens with one attached hydrogen (secondary N) is 1. The van der Waals surface area contributed by atoms with Crippen molar-refractivity contribution in [2.75, 3.05) is 0 Å². The van der Waals surface area contributed by atoms with Crippen LogP contribution < -0.4 is 11.3 Å². The average Bonchev–Trinajstić information content (AvgIpc) is 2.19. The Balaban J connectivity index is 2.83. The molecule has 0 amide bonds. The van der Waals surface area contributed by atoms with Crippen molar-refractivity contribution in [2.24, 2.45) is 5.73 Å². The monoisotopic (exact) mass is 301 g/mol. The fourth-order valence-corrected chi connectivity index (χ4v) is 1.75. The number of nitrogens with zero attached hydrogens (tertiary/aromatic N) is 1. The molecule has 0 unspecified atom stereocenters. The van der Waals surface area contributed by atoms with Crippen LogP contribution >= 0.6 is 22.6 Å². The summed E-state index contributed by atoms with van der Waals surface area (Å²) in [6, 6.07) is 5.54. The van der Waals surface area contributed by atoms with Gasteiger partial charge in [-0.25, -0.2) is 4.98 Å². The van der Waals surface area contributed by atoms with Gasteiger partial charge in [-0.15, -0.1) is 0 Å². The zero-order valence-electron chi connectivity index (χ0n) is 7.25. The molecule has 14 heavy (non-hydrogen) atoms. The Bertz CT molecular complexity index is 535. The van der Waals surface area contributed by atoms with Crippen LogP contribution in [0.4, 0.5) is 0 Å². The molecule has 3 N–H and O–H groups in total. The van der Waals surface area contributed by atoms with Crippen molar-refractivity contribution in [3.8, 4) is 0 Å². The predicted octanol–water partition coefficient (Wildman–Crippen LogP) is 0.986. The highest BCUT2D eigenvalue weighted by Crippen LogP contribution is 2.11. The van der Waals surface area contributed by atoms with Crippen molar-refractivity contribution in [3.63, 3.8) is 0 Å². The Labute approximate surface area is 93.7 Å². The highest BCUT2D eigenvalue weighted by molar-refractivity contribution is 14.1. The molecule has 0 aliphatic heterocycles. The molecular formula is C9H8IN3O. The summed E-state index contributed by atoms with van der Waals surface area (Å²) in [6.45, 7) is 0.247. The number of rotatable bonds is 1. The van der Waals surface area contributed by atoms with E-state index in [1.807, 2.05) is 18.2 Å². The molecule has 0 aliphatic rings. The van der Waals surface area contributed by atoms with Crippen molar-refractivity contribution in [1.29, 1.82) is 0 Å². The topological polar surface area (TPSA) is 71.8 Å². The van der Waals surface area contributed by atoms with Crippen molar-refractivity contribution < 1.29 is 0 Å². The second-order valence-electron chi connectivity index (χ2n) is 2.88. The van der Waals surface area contributed by atoms with Crippen molar-refractivity contribution in [3.05, 3.63) is 37.9 Å². The van der Waals surface area contributed by atoms with Crippen LogP contribution in [0.15, 0.2) is 23.0 Å². The van der Waals surface area contributed by atoms with E-state index >= 15 is 0 Å². The van der Waals surface area contributed by atoms with Crippen molar-refractivity contribution >= 4 is 33.5 Å². The summed E-state index contributed by atoms with van der Waals surface area (Å²) in [5, 5.41) is 0.606. The minimum atomic E-state index is -0.131. The fourth-order valence-electron chi connectivity index (χ4n) is 1.26. The second-order valence-corrected chi connectivity index (χ2v) is 4.12. The maximum absolute atomic E-state index is 11.6. The van der Waals surface area contributed by atoms with Gasteiger partial charge in [-0.1, -0.05) is 0 Å². The Morgan fingerprint density at radius 1 is 1.50 bits per heavy atom. The van der Waals surface area contributed by atoms with E-state index < -0.39 is 0 Å². The number of halogens is 1. The number of hydrogen-bond donors (Lipinski definition) is 2. The molecule has 0 spiro atoms. The van der Waals surface area contributed by atoms with Gasteiger partial charge in [-0.05, 0) is 40.8 Å². The second kappa shape index (κ2) is 3.66. The van der Waals surface area contributed by atoms with E-state index in [1.165, 1.54) is 0 Å². The van der Waals surface area contributed by atoms with Crippen molar-refractivity contribution in [2.45, 2.75) is 6.54 Å². The zero-order valence-corrected chi connectivity index (χ0v) is 9.41. The molecule has 2 aromatic rings. The first-order valence-electron chi connectivity index (χ1n) is 4.09. The highest BCUT2D eigenvalue weighted by Gasteiger charge is 2.02. The fraction of sp³-hybridized carbons (Fsp3) is 0.111. The Morgan fingerprint density at radius 2 is 2.29 bits per heavy atom. The van der Waals surface area contributed by atoms with E-state index in [4.69, 9.17) is 5.73 Å². The number of benzene rings is 1. The normalized spacial score (nSPS) is 10.7. The Kier molecular flexibility index (Phi) is 2.51. The summed E-state index contributed by atoms with van der Waals surface area (Å²) in [5.74, 6) is 0.517. The van der Waals surface area contributed by atoms with Gasteiger partial charge in [0.05, 0.1) is 17.4 Å². The van der Waals surface area contributed by atoms with E-state index in [0.717, 1.165) is 3.57 Å². The van der Waals surface area contributed by atoms with Gasteiger partial charge in [0.2, 0.25) is 0 Å². The molecule has 2 rings (SSSR count). The first kappa shape index (κ1) is 9.60. The number of fused-ring (bicyclic) bond motifs is 1. The molecule has 0 aliphatic carbocycles. The molecule has 1 heterocycles. The van der Waals surface area contributed by atoms with E-state index in [2.05, 4.69) is 32.6 Å². The van der Waals surface area contributed by atoms with Crippen LogP contribution in [0.2, 0.25) is 0 Å². The van der Waals surface area contributed by atoms with Gasteiger partial charge in [-0.3, -0.25) is 4.79 Å². The van der Waals surface area contributed by atoms with Crippen molar-refractivity contribution in [1.82, 2.24) is 9.97 Å². The third-order valence-corrected chi connectivity index (χ3v) is 2.58. The lowest BCUT2D eigenvalue weighted by Crippen LogP contribution is -2.14. The lowest BCUT2D eigenvalue weighted by atomic mass is 10.2. The van der Waals surface area contributed by atoms with Gasteiger partial charge in [0, 0.05) is 3.57 Å². The third kappa shape index (κ3) is 1.64. The summed E-state index contributed by atoms with van der Waals surface area (Å²) < 4.78 is 1.02. The zero-order chi connectivity index (χ0) is 10.1. The molecule has 0 fully saturated rings. The first-order valence-corrected chi connectivity index (χ1v) is 5.17. The molecule has 72 valence electrons. The van der Waals surface area contributed by atoms with Crippen LogP contribution in [0.1, 0.15) is 5.82 Å². The molecule has 0 bridgehead atoms. The maximum atomic E-state index is 11.6. The minimum absolute atomic E-state index is 0.131. The highest BCUT2D eigenvalue weighted by atomic mass is 127. The average molecular weight is 301 g/mol. The number of hydrogen-bond acceptors (Lipinski definition) is 3. The summed E-state index contributed by atoms with van der Waals surface area (Å²) >= 11 is 2.16. The van der Waals surface area contributed by atoms with Gasteiger partial charge < -0.3 is 10.7 Å². The van der Waals surface area contributed by atoms with Gasteiger partial charge in [0.25, 0.3) is 5.56 Å². The first-order chi connectivity index (χ1) is 6.70. The molecular weight excluding hydrogens is 293 g/mol. The number of H-pyrrole nitrogens is 1. The molecule has 4 nitrogen and oxygen atoms in total. The molecule has 1 aromatic heterocycles. The quantitative estimate of drug-likeness (QED) is 0.772. The Morgan fingerprint density at radius 3 is 3.00 bits per heavy atom. The summed E-state index contributed by atoms with van der Waals surface area (Å²) in [5.41, 5.74) is 5.96. The number of aromatic nitrogens is 2. The summed E-state index contributed by atoms with van der Waals surface area (Å²) in [6.07, 6.45) is 0. The molecule has 5 heteroatoms. The number of aromatic amines is 1. The van der Waals surface area contributed by atoms with Gasteiger partial charge in [0.1, 0.15) is 5.82 Å². The standard InChI is InChI=1S/C9H8IN3O/c10-5-1-2-7-6(3-5)9(14)13-8(4-11)12-7/h1-3H,4,11H2,(H,12,13,14). The smallest absolute Gasteiger partial charge is 0.258 e. The van der Waals surface area contributed by atoms with Crippen LogP contribution in [0.3, 0.4) is 0 Å². The van der Waals surface area contributed by atoms with Crippen LogP contribution in [0.25, 0.3) is 10.9 Å². The summed E-state index contributed by atoms with van der Waals surface area (Å²) in [4.78, 5) is 18.4. The molecule has 0 atom stereocenters. The SMILES string of the molecule is NCc1nc2ccc(I)cc2c(=O)[nH]1. The van der Waals surface area contributed by atoms with Crippen LogP contribution in [-0.4, -0.2) is 9.97 Å². The van der Waals surface area contributed by atoms with Crippen LogP contribution in [0, 0.1) is 3.57 Å². The number of nitrogens with two attached hydrogens (primary N) is 1. The van der Waals surface area contributed by atoms with E-state index in [1.54, 1.807) is 0 Å².